The van der Waals surface area contributed by atoms with Gasteiger partial charge in [0.25, 0.3) is 5.91 Å². The van der Waals surface area contributed by atoms with E-state index < -0.39 is 5.91 Å². The number of amides is 1. The maximum absolute atomic E-state index is 11.9. The van der Waals surface area contributed by atoms with E-state index in [-0.39, 0.29) is 0 Å². The number of carbonyl (C=O) groups excluding carboxylic acids is 1. The van der Waals surface area contributed by atoms with E-state index in [1.807, 2.05) is 47.0 Å². The first-order valence-electron chi connectivity index (χ1n) is 11.7. The third-order valence-corrected chi connectivity index (χ3v) is 6.32. The second-order valence-corrected chi connectivity index (χ2v) is 8.53. The van der Waals surface area contributed by atoms with Crippen LogP contribution in [0.15, 0.2) is 67.0 Å². The van der Waals surface area contributed by atoms with Gasteiger partial charge in [0.2, 0.25) is 5.95 Å². The lowest BCUT2D eigenvalue weighted by atomic mass is 10.2. The maximum Gasteiger partial charge on any atom is 0.250 e. The molecule has 3 N–H and O–H groups in total. The van der Waals surface area contributed by atoms with Gasteiger partial charge in [-0.1, -0.05) is 24.3 Å². The van der Waals surface area contributed by atoms with Gasteiger partial charge in [-0.25, -0.2) is 4.98 Å². The summed E-state index contributed by atoms with van der Waals surface area (Å²) in [6.07, 6.45) is 3.43. The Kier molecular flexibility index (Phi) is 6.60. The number of anilines is 3. The van der Waals surface area contributed by atoms with Crippen LogP contribution in [0.3, 0.4) is 0 Å². The van der Waals surface area contributed by atoms with Crippen molar-refractivity contribution in [3.05, 3.63) is 72.6 Å². The van der Waals surface area contributed by atoms with Gasteiger partial charge < -0.3 is 25.3 Å². The number of nitrogens with one attached hydrogen (secondary N) is 1. The molecule has 0 aliphatic carbocycles. The van der Waals surface area contributed by atoms with Crippen LogP contribution in [0.25, 0.3) is 16.7 Å². The van der Waals surface area contributed by atoms with Crippen LogP contribution in [-0.2, 0) is 4.74 Å². The minimum Gasteiger partial charge on any atom is -0.383 e. The Morgan fingerprint density at radius 1 is 1.09 bits per heavy atom. The highest BCUT2D eigenvalue weighted by Crippen LogP contribution is 2.26. The zero-order chi connectivity index (χ0) is 24.2. The molecule has 5 rings (SSSR count). The van der Waals surface area contributed by atoms with Gasteiger partial charge in [0, 0.05) is 69.0 Å². The molecule has 9 nitrogen and oxygen atoms in total. The Bertz CT molecular complexity index is 1330. The number of nitrogens with two attached hydrogens (primary N) is 1. The Balaban J connectivity index is 1.34. The van der Waals surface area contributed by atoms with E-state index in [9.17, 15) is 4.79 Å². The van der Waals surface area contributed by atoms with Crippen LogP contribution in [0.5, 0.6) is 0 Å². The first-order chi connectivity index (χ1) is 17.1. The third-order valence-electron chi connectivity index (χ3n) is 6.32. The smallest absolute Gasteiger partial charge is 0.250 e. The Hall–Kier alpha value is -3.95. The van der Waals surface area contributed by atoms with E-state index in [0.29, 0.717) is 17.3 Å². The number of piperazine rings is 1. The van der Waals surface area contributed by atoms with E-state index in [4.69, 9.17) is 15.5 Å². The van der Waals surface area contributed by atoms with Crippen molar-refractivity contribution in [3.8, 4) is 5.82 Å². The number of rotatable bonds is 8. The zero-order valence-corrected chi connectivity index (χ0v) is 19.7. The molecular weight excluding hydrogens is 442 g/mol. The van der Waals surface area contributed by atoms with E-state index in [0.717, 1.165) is 55.9 Å². The highest BCUT2D eigenvalue weighted by Gasteiger charge is 2.18. The number of hydrogen-bond donors (Lipinski definition) is 2. The summed E-state index contributed by atoms with van der Waals surface area (Å²) in [5, 5.41) is 4.12. The summed E-state index contributed by atoms with van der Waals surface area (Å²) >= 11 is 0. The molecule has 4 aromatic rings. The van der Waals surface area contributed by atoms with Crippen LogP contribution in [0.4, 0.5) is 17.3 Å². The summed E-state index contributed by atoms with van der Waals surface area (Å²) in [4.78, 5) is 25.9. The van der Waals surface area contributed by atoms with E-state index in [1.54, 1.807) is 19.5 Å². The molecule has 1 aliphatic heterocycles. The molecule has 1 amide bonds. The first-order valence-corrected chi connectivity index (χ1v) is 11.7. The van der Waals surface area contributed by atoms with Crippen molar-refractivity contribution in [1.82, 2.24) is 19.4 Å². The van der Waals surface area contributed by atoms with Crippen molar-refractivity contribution in [2.75, 3.05) is 56.7 Å². The largest absolute Gasteiger partial charge is 0.383 e. The van der Waals surface area contributed by atoms with Gasteiger partial charge >= 0.3 is 0 Å². The number of aromatic nitrogens is 3. The zero-order valence-electron chi connectivity index (χ0n) is 19.7. The molecule has 180 valence electrons. The molecular formula is C26H29N7O2. The number of fused-ring (bicyclic) bond motifs is 1. The van der Waals surface area contributed by atoms with Gasteiger partial charge in [-0.2, -0.15) is 4.98 Å². The van der Waals surface area contributed by atoms with Gasteiger partial charge in [-0.15, -0.1) is 0 Å². The number of methoxy groups -OCH3 is 1. The van der Waals surface area contributed by atoms with Gasteiger partial charge in [0.1, 0.15) is 5.82 Å². The summed E-state index contributed by atoms with van der Waals surface area (Å²) in [6.45, 7) is 5.72. The fourth-order valence-corrected chi connectivity index (χ4v) is 4.47. The van der Waals surface area contributed by atoms with Crippen molar-refractivity contribution >= 4 is 34.1 Å². The fraction of sp³-hybridized carbons (Fsp3) is 0.269. The Labute approximate surface area is 204 Å². The highest BCUT2D eigenvalue weighted by molar-refractivity contribution is 6.06. The van der Waals surface area contributed by atoms with Gasteiger partial charge in [0.15, 0.2) is 0 Å². The van der Waals surface area contributed by atoms with Crippen LogP contribution in [-0.4, -0.2) is 71.8 Å². The van der Waals surface area contributed by atoms with Crippen molar-refractivity contribution in [2.24, 2.45) is 5.73 Å². The van der Waals surface area contributed by atoms with Crippen LogP contribution in [0.1, 0.15) is 10.4 Å². The van der Waals surface area contributed by atoms with Gasteiger partial charge in [0.05, 0.1) is 17.7 Å². The van der Waals surface area contributed by atoms with Gasteiger partial charge in [-0.3, -0.25) is 9.69 Å². The topological polar surface area (TPSA) is 102 Å². The van der Waals surface area contributed by atoms with Crippen molar-refractivity contribution < 1.29 is 9.53 Å². The Morgan fingerprint density at radius 2 is 1.91 bits per heavy atom. The quantitative estimate of drug-likeness (QED) is 0.407. The first kappa shape index (κ1) is 22.8. The van der Waals surface area contributed by atoms with Crippen LogP contribution in [0.2, 0.25) is 0 Å². The fourth-order valence-electron chi connectivity index (χ4n) is 4.47. The molecule has 0 bridgehead atoms. The molecule has 1 aliphatic rings. The average Bonchev–Trinajstić information content (AvgIpc) is 3.28. The lowest BCUT2D eigenvalue weighted by Crippen LogP contribution is -2.47. The van der Waals surface area contributed by atoms with Crippen molar-refractivity contribution in [1.29, 1.82) is 0 Å². The summed E-state index contributed by atoms with van der Waals surface area (Å²) in [7, 11) is 1.74. The average molecular weight is 472 g/mol. The Morgan fingerprint density at radius 3 is 2.71 bits per heavy atom. The number of primary amides is 1. The van der Waals surface area contributed by atoms with E-state index in [1.165, 1.54) is 5.69 Å². The van der Waals surface area contributed by atoms with Crippen LogP contribution < -0.4 is 16.0 Å². The van der Waals surface area contributed by atoms with Crippen LogP contribution >= 0.6 is 0 Å². The molecule has 2 aromatic heterocycles. The molecule has 0 radical (unpaired) electrons. The second kappa shape index (κ2) is 10.1. The number of nitrogens with zero attached hydrogens (tertiary/aromatic N) is 5. The lowest BCUT2D eigenvalue weighted by Gasteiger charge is -2.36. The lowest BCUT2D eigenvalue weighted by molar-refractivity contribution is 0.100. The minimum atomic E-state index is -0.469. The highest BCUT2D eigenvalue weighted by atomic mass is 16.5. The summed E-state index contributed by atoms with van der Waals surface area (Å²) < 4.78 is 7.06. The molecule has 9 heteroatoms. The molecule has 0 saturated carbocycles. The molecule has 1 fully saturated rings. The van der Waals surface area contributed by atoms with Gasteiger partial charge in [-0.05, 0) is 30.3 Å². The SMILES string of the molecule is COCCN1CCN(c2cccc(Nc3nccc(-n4cc(C(N)=O)c5ccccc54)n3)c2)CC1. The normalized spacial score (nSPS) is 14.4. The monoisotopic (exact) mass is 471 g/mol. The van der Waals surface area contributed by atoms with E-state index >= 15 is 0 Å². The molecule has 1 saturated heterocycles. The standard InChI is InChI=1S/C26H29N7O2/c1-35-16-15-31-11-13-32(14-12-31)20-6-4-5-19(17-20)29-26-28-10-9-24(30-26)33-18-22(25(27)34)21-7-2-3-8-23(21)33/h2-10,17-18H,11-16H2,1H3,(H2,27,34)(H,28,29,30). The summed E-state index contributed by atoms with van der Waals surface area (Å²) in [5.41, 5.74) is 9.00. The maximum atomic E-state index is 11.9. The molecule has 0 spiro atoms. The second-order valence-electron chi connectivity index (χ2n) is 8.53. The van der Waals surface area contributed by atoms with E-state index in [2.05, 4.69) is 32.2 Å². The summed E-state index contributed by atoms with van der Waals surface area (Å²) in [6, 6.07) is 17.7. The number of benzene rings is 2. The molecule has 0 unspecified atom stereocenters. The van der Waals surface area contributed by atoms with Crippen molar-refractivity contribution in [3.63, 3.8) is 0 Å². The molecule has 35 heavy (non-hydrogen) atoms. The predicted molar refractivity (Wildman–Crippen MR) is 138 cm³/mol. The number of ether oxygens (including phenoxy) is 1. The molecule has 0 atom stereocenters. The van der Waals surface area contributed by atoms with Crippen LogP contribution in [0, 0.1) is 0 Å². The number of carbonyl (C=O) groups is 1. The third kappa shape index (κ3) is 4.96. The summed E-state index contributed by atoms with van der Waals surface area (Å²) in [5.74, 6) is 0.653. The molecule has 2 aromatic carbocycles. The number of hydrogen-bond acceptors (Lipinski definition) is 7. The minimum absolute atomic E-state index is 0.462. The number of para-hydroxylation sites is 1. The van der Waals surface area contributed by atoms with Crippen molar-refractivity contribution in [2.45, 2.75) is 0 Å². The molecule has 3 heterocycles. The predicted octanol–water partition coefficient (Wildman–Crippen LogP) is 3.03.